The number of hydrogen-bond acceptors (Lipinski definition) is 5. The highest BCUT2D eigenvalue weighted by Crippen LogP contribution is 2.32. The number of ether oxygens (including phenoxy) is 3. The number of aromatic nitrogens is 1. The van der Waals surface area contributed by atoms with Crippen molar-refractivity contribution in [1.82, 2.24) is 15.2 Å². The highest BCUT2D eigenvalue weighted by Gasteiger charge is 2.21. The molecular formula is C25H36N4O3. The van der Waals surface area contributed by atoms with Crippen LogP contribution in [0.2, 0.25) is 0 Å². The maximum absolute atomic E-state index is 6.16. The van der Waals surface area contributed by atoms with Crippen LogP contribution in [0.15, 0.2) is 47.6 Å². The Bertz CT molecular complexity index is 851. The molecule has 174 valence electrons. The Labute approximate surface area is 191 Å². The molecule has 1 N–H and O–H groups in total. The zero-order chi connectivity index (χ0) is 22.6. The monoisotopic (exact) mass is 440 g/mol. The molecule has 7 nitrogen and oxygen atoms in total. The number of aliphatic imine (C=N–C) groups is 1. The summed E-state index contributed by atoms with van der Waals surface area (Å²) in [6.07, 6.45) is 5.07. The zero-order valence-electron chi connectivity index (χ0n) is 19.5. The molecular weight excluding hydrogens is 404 g/mol. The lowest BCUT2D eigenvalue weighted by Crippen LogP contribution is -2.47. The van der Waals surface area contributed by atoms with Gasteiger partial charge in [-0.1, -0.05) is 25.1 Å². The zero-order valence-corrected chi connectivity index (χ0v) is 19.5. The highest BCUT2D eigenvalue weighted by atomic mass is 16.5. The smallest absolute Gasteiger partial charge is 0.224 e. The van der Waals surface area contributed by atoms with Gasteiger partial charge < -0.3 is 24.4 Å². The predicted molar refractivity (Wildman–Crippen MR) is 128 cm³/mol. The second-order valence-corrected chi connectivity index (χ2v) is 7.68. The number of pyridine rings is 1. The average molecular weight is 441 g/mol. The third kappa shape index (κ3) is 6.85. The van der Waals surface area contributed by atoms with Crippen LogP contribution in [0, 0.1) is 0 Å². The number of guanidine groups is 1. The summed E-state index contributed by atoms with van der Waals surface area (Å²) in [6.45, 7) is 10.8. The third-order valence-electron chi connectivity index (χ3n) is 5.25. The van der Waals surface area contributed by atoms with Crippen LogP contribution in [-0.2, 0) is 11.3 Å². The van der Waals surface area contributed by atoms with Gasteiger partial charge in [-0.2, -0.15) is 0 Å². The van der Waals surface area contributed by atoms with Gasteiger partial charge in [0.1, 0.15) is 0 Å². The highest BCUT2D eigenvalue weighted by molar-refractivity contribution is 5.80. The van der Waals surface area contributed by atoms with Crippen LogP contribution >= 0.6 is 0 Å². The summed E-state index contributed by atoms with van der Waals surface area (Å²) in [4.78, 5) is 11.7. The summed E-state index contributed by atoms with van der Waals surface area (Å²) in [6, 6.07) is 11.6. The largest absolute Gasteiger partial charge is 0.490 e. The second kappa shape index (κ2) is 12.9. The maximum atomic E-state index is 6.16. The number of likely N-dealkylation sites (tertiary alicyclic amines) is 1. The van der Waals surface area contributed by atoms with Crippen LogP contribution < -0.4 is 14.8 Å². The van der Waals surface area contributed by atoms with E-state index in [1.165, 1.54) is 0 Å². The van der Waals surface area contributed by atoms with E-state index in [4.69, 9.17) is 19.2 Å². The lowest BCUT2D eigenvalue weighted by molar-refractivity contribution is 0.0263. The minimum absolute atomic E-state index is 0.354. The summed E-state index contributed by atoms with van der Waals surface area (Å²) in [7, 11) is 0. The minimum atomic E-state index is 0.354. The molecule has 2 heterocycles. The molecule has 0 radical (unpaired) electrons. The molecule has 1 aromatic heterocycles. The number of rotatable bonds is 10. The van der Waals surface area contributed by atoms with E-state index in [-0.39, 0.29) is 0 Å². The van der Waals surface area contributed by atoms with Crippen molar-refractivity contribution in [1.29, 1.82) is 0 Å². The van der Waals surface area contributed by atoms with Gasteiger partial charge in [-0.15, -0.1) is 0 Å². The minimum Gasteiger partial charge on any atom is -0.490 e. The van der Waals surface area contributed by atoms with Gasteiger partial charge in [-0.3, -0.25) is 0 Å². The van der Waals surface area contributed by atoms with Gasteiger partial charge in [-0.05, 0) is 51.3 Å². The van der Waals surface area contributed by atoms with Gasteiger partial charge in [-0.25, -0.2) is 9.98 Å². The number of benzene rings is 1. The Kier molecular flexibility index (Phi) is 9.62. The van der Waals surface area contributed by atoms with Crippen molar-refractivity contribution in [2.45, 2.75) is 52.7 Å². The van der Waals surface area contributed by atoms with E-state index in [1.54, 1.807) is 6.20 Å². The van der Waals surface area contributed by atoms with Crippen molar-refractivity contribution < 1.29 is 14.2 Å². The number of para-hydroxylation sites is 2. The van der Waals surface area contributed by atoms with Crippen LogP contribution in [0.25, 0.3) is 0 Å². The molecule has 1 aliphatic rings. The molecule has 1 aliphatic heterocycles. The second-order valence-electron chi connectivity index (χ2n) is 7.68. The molecule has 0 spiro atoms. The maximum Gasteiger partial charge on any atom is 0.224 e. The summed E-state index contributed by atoms with van der Waals surface area (Å²) >= 11 is 0. The topological polar surface area (TPSA) is 68.2 Å². The number of piperidine rings is 1. The Hall–Kier alpha value is -2.80. The standard InChI is InChI=1S/C25H36N4O3/c1-4-18-31-22-11-7-8-12-23(22)32-24-20(10-9-15-27-24)19-28-25(26-5-2)29-16-13-21(14-17-29)30-6-3/h7-12,15,21H,4-6,13-14,16-19H2,1-3H3,(H,26,28). The number of nitrogens with one attached hydrogen (secondary N) is 1. The summed E-state index contributed by atoms with van der Waals surface area (Å²) in [5.74, 6) is 2.85. The van der Waals surface area contributed by atoms with E-state index in [0.717, 1.165) is 62.8 Å². The van der Waals surface area contributed by atoms with Crippen molar-refractivity contribution in [3.05, 3.63) is 48.2 Å². The van der Waals surface area contributed by atoms with E-state index < -0.39 is 0 Å². The summed E-state index contributed by atoms with van der Waals surface area (Å²) in [5.41, 5.74) is 0.928. The van der Waals surface area contributed by atoms with Crippen molar-refractivity contribution in [2.75, 3.05) is 32.8 Å². The van der Waals surface area contributed by atoms with Gasteiger partial charge >= 0.3 is 0 Å². The van der Waals surface area contributed by atoms with Crippen molar-refractivity contribution in [3.63, 3.8) is 0 Å². The molecule has 32 heavy (non-hydrogen) atoms. The van der Waals surface area contributed by atoms with E-state index in [1.807, 2.05) is 36.4 Å². The molecule has 3 rings (SSSR count). The fourth-order valence-corrected chi connectivity index (χ4v) is 3.66. The molecule has 1 aromatic carbocycles. The van der Waals surface area contributed by atoms with Gasteiger partial charge in [0.15, 0.2) is 17.5 Å². The first-order chi connectivity index (χ1) is 15.7. The van der Waals surface area contributed by atoms with Crippen LogP contribution in [0.4, 0.5) is 0 Å². The molecule has 1 saturated heterocycles. The van der Waals surface area contributed by atoms with E-state index >= 15 is 0 Å². The summed E-state index contributed by atoms with van der Waals surface area (Å²) < 4.78 is 17.8. The summed E-state index contributed by atoms with van der Waals surface area (Å²) in [5, 5.41) is 3.42. The fourth-order valence-electron chi connectivity index (χ4n) is 3.66. The van der Waals surface area contributed by atoms with E-state index in [9.17, 15) is 0 Å². The predicted octanol–water partition coefficient (Wildman–Crippen LogP) is 4.63. The molecule has 0 aliphatic carbocycles. The van der Waals surface area contributed by atoms with Crippen molar-refractivity contribution in [3.8, 4) is 17.4 Å². The molecule has 2 aromatic rings. The van der Waals surface area contributed by atoms with Gasteiger partial charge in [0.2, 0.25) is 5.88 Å². The van der Waals surface area contributed by atoms with Crippen LogP contribution in [-0.4, -0.2) is 54.8 Å². The SMILES string of the molecule is CCCOc1ccccc1Oc1ncccc1CN=C(NCC)N1CCC(OCC)CC1. The number of nitrogens with zero attached hydrogens (tertiary/aromatic N) is 3. The first kappa shape index (κ1) is 23.9. The Morgan fingerprint density at radius 3 is 2.59 bits per heavy atom. The van der Waals surface area contributed by atoms with Crippen molar-refractivity contribution >= 4 is 5.96 Å². The number of hydrogen-bond donors (Lipinski definition) is 1. The van der Waals surface area contributed by atoms with Crippen LogP contribution in [0.1, 0.15) is 45.6 Å². The molecule has 1 fully saturated rings. The molecule has 0 bridgehead atoms. The Morgan fingerprint density at radius 2 is 1.88 bits per heavy atom. The molecule has 0 amide bonds. The van der Waals surface area contributed by atoms with E-state index in [2.05, 4.69) is 36.0 Å². The Morgan fingerprint density at radius 1 is 1.09 bits per heavy atom. The van der Waals surface area contributed by atoms with Crippen LogP contribution in [0.3, 0.4) is 0 Å². The lowest BCUT2D eigenvalue weighted by Gasteiger charge is -2.34. The first-order valence-electron chi connectivity index (χ1n) is 11.7. The normalized spacial score (nSPS) is 15.0. The third-order valence-corrected chi connectivity index (χ3v) is 5.25. The van der Waals surface area contributed by atoms with Crippen LogP contribution in [0.5, 0.6) is 17.4 Å². The van der Waals surface area contributed by atoms with Gasteiger partial charge in [0, 0.05) is 38.0 Å². The molecule has 7 heteroatoms. The molecule has 0 atom stereocenters. The first-order valence-corrected chi connectivity index (χ1v) is 11.7. The quantitative estimate of drug-likeness (QED) is 0.429. The Balaban J connectivity index is 1.71. The molecule has 0 saturated carbocycles. The van der Waals surface area contributed by atoms with Gasteiger partial charge in [0.25, 0.3) is 0 Å². The fraction of sp³-hybridized carbons (Fsp3) is 0.520. The van der Waals surface area contributed by atoms with Crippen molar-refractivity contribution in [2.24, 2.45) is 4.99 Å². The lowest BCUT2D eigenvalue weighted by atomic mass is 10.1. The van der Waals surface area contributed by atoms with E-state index in [0.29, 0.717) is 30.9 Å². The van der Waals surface area contributed by atoms with Gasteiger partial charge in [0.05, 0.1) is 19.3 Å². The average Bonchev–Trinajstić information content (AvgIpc) is 2.83. The molecule has 0 unspecified atom stereocenters.